The maximum absolute atomic E-state index is 10.4. The molecule has 0 aliphatic carbocycles. The molecule has 0 amide bonds. The minimum atomic E-state index is -0.952. The van der Waals surface area contributed by atoms with Gasteiger partial charge in [-0.3, -0.25) is 0 Å². The molecule has 4 heteroatoms. The number of rotatable bonds is 4. The zero-order valence-corrected chi connectivity index (χ0v) is 9.93. The van der Waals surface area contributed by atoms with Gasteiger partial charge in [0.15, 0.2) is 6.61 Å². The number of benzene rings is 1. The van der Waals surface area contributed by atoms with Crippen LogP contribution >= 0.6 is 0 Å². The Bertz CT molecular complexity index is 388. The molecule has 4 nitrogen and oxygen atoms in total. The third-order valence-corrected chi connectivity index (χ3v) is 3.11. The Balaban J connectivity index is 1.95. The first-order chi connectivity index (χ1) is 8.15. The molecule has 0 spiro atoms. The van der Waals surface area contributed by atoms with Gasteiger partial charge in [0.2, 0.25) is 0 Å². The molecule has 2 rings (SSSR count). The lowest BCUT2D eigenvalue weighted by atomic mass is 9.98. The molecule has 0 bridgehead atoms. The van der Waals surface area contributed by atoms with Crippen LogP contribution in [-0.4, -0.2) is 42.7 Å². The predicted molar refractivity (Wildman–Crippen MR) is 64.4 cm³/mol. The molecular weight excluding hydrogens is 218 g/mol. The quantitative estimate of drug-likeness (QED) is 0.860. The number of nitrogens with zero attached hydrogens (tertiary/aromatic N) is 1. The van der Waals surface area contributed by atoms with Gasteiger partial charge in [0.1, 0.15) is 5.75 Å². The van der Waals surface area contributed by atoms with Gasteiger partial charge < -0.3 is 14.7 Å². The smallest absolute Gasteiger partial charge is 0.341 e. The molecule has 1 aromatic rings. The van der Waals surface area contributed by atoms with Gasteiger partial charge in [-0.1, -0.05) is 12.1 Å². The van der Waals surface area contributed by atoms with Gasteiger partial charge in [-0.15, -0.1) is 0 Å². The number of hydrogen-bond acceptors (Lipinski definition) is 3. The predicted octanol–water partition coefficient (Wildman–Crippen LogP) is 1.57. The summed E-state index contributed by atoms with van der Waals surface area (Å²) in [5, 5.41) is 8.50. The molecule has 1 atom stereocenters. The number of carboxylic acid groups (broad SMARTS) is 1. The second-order valence-corrected chi connectivity index (χ2v) is 4.50. The molecule has 1 aromatic carbocycles. The lowest BCUT2D eigenvalue weighted by molar-refractivity contribution is -0.139. The van der Waals surface area contributed by atoms with E-state index >= 15 is 0 Å². The van der Waals surface area contributed by atoms with E-state index in [2.05, 4.69) is 11.9 Å². The van der Waals surface area contributed by atoms with Crippen molar-refractivity contribution in [3.8, 4) is 5.75 Å². The number of likely N-dealkylation sites (tertiary alicyclic amines) is 1. The highest BCUT2D eigenvalue weighted by molar-refractivity contribution is 5.68. The minimum absolute atomic E-state index is 0.286. The second-order valence-electron chi connectivity index (χ2n) is 4.50. The van der Waals surface area contributed by atoms with Crippen LogP contribution in [0.5, 0.6) is 5.75 Å². The standard InChI is InChI=1S/C13H17NO3/c1-14-7-6-11(8-14)10-2-4-12(5-3-10)17-9-13(15)16/h2-5,11H,6-9H2,1H3,(H,15,16). The first-order valence-corrected chi connectivity index (χ1v) is 5.78. The van der Waals surface area contributed by atoms with Crippen molar-refractivity contribution in [2.45, 2.75) is 12.3 Å². The van der Waals surface area contributed by atoms with Crippen molar-refractivity contribution in [2.75, 3.05) is 26.7 Å². The van der Waals surface area contributed by atoms with E-state index in [1.54, 1.807) is 0 Å². The maximum Gasteiger partial charge on any atom is 0.341 e. The number of carbonyl (C=O) groups is 1. The topological polar surface area (TPSA) is 49.8 Å². The summed E-state index contributed by atoms with van der Waals surface area (Å²) < 4.78 is 5.10. The summed E-state index contributed by atoms with van der Waals surface area (Å²) in [6.07, 6.45) is 1.19. The highest BCUT2D eigenvalue weighted by Crippen LogP contribution is 2.27. The largest absolute Gasteiger partial charge is 0.482 e. The van der Waals surface area contributed by atoms with E-state index < -0.39 is 5.97 Å². The summed E-state index contributed by atoms with van der Waals surface area (Å²) in [5.41, 5.74) is 1.30. The van der Waals surface area contributed by atoms with E-state index in [4.69, 9.17) is 9.84 Å². The Kier molecular flexibility index (Phi) is 3.64. The molecule has 1 aliphatic rings. The van der Waals surface area contributed by atoms with Gasteiger partial charge in [-0.25, -0.2) is 4.79 Å². The maximum atomic E-state index is 10.4. The van der Waals surface area contributed by atoms with Crippen LogP contribution in [0.3, 0.4) is 0 Å². The summed E-state index contributed by atoms with van der Waals surface area (Å²) in [6, 6.07) is 7.75. The van der Waals surface area contributed by atoms with Gasteiger partial charge in [-0.05, 0) is 43.6 Å². The normalized spacial score (nSPS) is 20.4. The van der Waals surface area contributed by atoms with Crippen LogP contribution in [0, 0.1) is 0 Å². The molecule has 1 fully saturated rings. The van der Waals surface area contributed by atoms with Gasteiger partial charge in [0.05, 0.1) is 0 Å². The van der Waals surface area contributed by atoms with Crippen molar-refractivity contribution >= 4 is 5.97 Å². The van der Waals surface area contributed by atoms with Crippen LogP contribution in [0.2, 0.25) is 0 Å². The molecule has 1 heterocycles. The Hall–Kier alpha value is -1.55. The first kappa shape index (κ1) is 11.9. The number of ether oxygens (including phenoxy) is 1. The molecular formula is C13H17NO3. The van der Waals surface area contributed by atoms with Crippen LogP contribution in [0.15, 0.2) is 24.3 Å². The highest BCUT2D eigenvalue weighted by Gasteiger charge is 2.20. The molecule has 17 heavy (non-hydrogen) atoms. The van der Waals surface area contributed by atoms with Crippen LogP contribution in [0.1, 0.15) is 17.9 Å². The lowest BCUT2D eigenvalue weighted by Gasteiger charge is -2.11. The van der Waals surface area contributed by atoms with E-state index in [1.165, 1.54) is 12.0 Å². The second kappa shape index (κ2) is 5.19. The Morgan fingerprint density at radius 1 is 1.47 bits per heavy atom. The van der Waals surface area contributed by atoms with Crippen molar-refractivity contribution in [1.82, 2.24) is 4.90 Å². The Morgan fingerprint density at radius 3 is 2.71 bits per heavy atom. The fraction of sp³-hybridized carbons (Fsp3) is 0.462. The highest BCUT2D eigenvalue weighted by atomic mass is 16.5. The summed E-state index contributed by atoms with van der Waals surface area (Å²) in [5.74, 6) is 0.252. The van der Waals surface area contributed by atoms with Crippen molar-refractivity contribution in [2.24, 2.45) is 0 Å². The van der Waals surface area contributed by atoms with Gasteiger partial charge >= 0.3 is 5.97 Å². The molecule has 0 saturated carbocycles. The molecule has 1 saturated heterocycles. The summed E-state index contributed by atoms with van der Waals surface area (Å²) in [6.45, 7) is 1.95. The molecule has 0 aromatic heterocycles. The minimum Gasteiger partial charge on any atom is -0.482 e. The molecule has 0 radical (unpaired) electrons. The third kappa shape index (κ3) is 3.20. The number of likely N-dealkylation sites (N-methyl/N-ethyl adjacent to an activating group) is 1. The van der Waals surface area contributed by atoms with Crippen molar-refractivity contribution in [3.63, 3.8) is 0 Å². The van der Waals surface area contributed by atoms with Crippen molar-refractivity contribution < 1.29 is 14.6 Å². The summed E-state index contributed by atoms with van der Waals surface area (Å²) in [4.78, 5) is 12.7. The van der Waals surface area contributed by atoms with E-state index in [1.807, 2.05) is 24.3 Å². The average Bonchev–Trinajstić information content (AvgIpc) is 2.74. The zero-order valence-electron chi connectivity index (χ0n) is 9.93. The SMILES string of the molecule is CN1CCC(c2ccc(OCC(=O)O)cc2)C1. The summed E-state index contributed by atoms with van der Waals surface area (Å²) >= 11 is 0. The fourth-order valence-electron chi connectivity index (χ4n) is 2.19. The van der Waals surface area contributed by atoms with Gasteiger partial charge in [0.25, 0.3) is 0 Å². The number of carboxylic acids is 1. The Labute approximate surface area is 101 Å². The monoisotopic (exact) mass is 235 g/mol. The molecule has 1 unspecified atom stereocenters. The number of aliphatic carboxylic acids is 1. The third-order valence-electron chi connectivity index (χ3n) is 3.11. The van der Waals surface area contributed by atoms with E-state index in [-0.39, 0.29) is 6.61 Å². The van der Waals surface area contributed by atoms with Crippen LogP contribution in [-0.2, 0) is 4.79 Å². The van der Waals surface area contributed by atoms with Gasteiger partial charge in [0, 0.05) is 6.54 Å². The van der Waals surface area contributed by atoms with E-state index in [9.17, 15) is 4.79 Å². The fourth-order valence-corrected chi connectivity index (χ4v) is 2.19. The van der Waals surface area contributed by atoms with Crippen molar-refractivity contribution in [3.05, 3.63) is 29.8 Å². The van der Waals surface area contributed by atoms with E-state index in [0.717, 1.165) is 13.1 Å². The lowest BCUT2D eigenvalue weighted by Crippen LogP contribution is -2.13. The van der Waals surface area contributed by atoms with Crippen molar-refractivity contribution in [1.29, 1.82) is 0 Å². The van der Waals surface area contributed by atoms with E-state index in [0.29, 0.717) is 11.7 Å². The summed E-state index contributed by atoms with van der Waals surface area (Å²) in [7, 11) is 2.13. The van der Waals surface area contributed by atoms with Crippen LogP contribution in [0.4, 0.5) is 0 Å². The molecule has 1 N–H and O–H groups in total. The number of hydrogen-bond donors (Lipinski definition) is 1. The first-order valence-electron chi connectivity index (χ1n) is 5.78. The van der Waals surface area contributed by atoms with Crippen LogP contribution < -0.4 is 4.74 Å². The molecule has 92 valence electrons. The Morgan fingerprint density at radius 2 is 2.18 bits per heavy atom. The zero-order chi connectivity index (χ0) is 12.3. The van der Waals surface area contributed by atoms with Crippen LogP contribution in [0.25, 0.3) is 0 Å². The molecule has 1 aliphatic heterocycles. The average molecular weight is 235 g/mol. The van der Waals surface area contributed by atoms with Gasteiger partial charge in [-0.2, -0.15) is 0 Å².